The summed E-state index contributed by atoms with van der Waals surface area (Å²) in [4.78, 5) is 0. The second-order valence-corrected chi connectivity index (χ2v) is 7.82. The van der Waals surface area contributed by atoms with Crippen molar-refractivity contribution in [2.75, 3.05) is 26.4 Å². The van der Waals surface area contributed by atoms with E-state index in [9.17, 15) is 0 Å². The Hall–Kier alpha value is 1.58. The van der Waals surface area contributed by atoms with Crippen LogP contribution < -0.4 is 0 Å². The average molecular weight is 427 g/mol. The highest BCUT2D eigenvalue weighted by Gasteiger charge is 2.46. The molecule has 0 atom stereocenters. The number of hydrogen-bond donors (Lipinski definition) is 4. The number of hydrogen-bond acceptors (Lipinski definition) is 4. The predicted octanol–water partition coefficient (Wildman–Crippen LogP) is 1.59. The van der Waals surface area contributed by atoms with Crippen LogP contribution in [-0.4, -0.2) is 79.1 Å². The Labute approximate surface area is 153 Å². The fraction of sp³-hybridized carbons (Fsp3) is 1.00. The summed E-state index contributed by atoms with van der Waals surface area (Å²) in [5.41, 5.74) is -1.11. The zero-order valence-electron chi connectivity index (χ0n) is 10.8. The van der Waals surface area contributed by atoms with Gasteiger partial charge in [-0.2, -0.15) is 0 Å². The molecule has 4 N–H and O–H groups in total. The largest absolute Gasteiger partial charge is 0.396 e. The zero-order chi connectivity index (χ0) is 16.8. The lowest BCUT2D eigenvalue weighted by molar-refractivity contribution is -0.0328. The Morgan fingerprint density at radius 3 is 0.667 bits per heavy atom. The van der Waals surface area contributed by atoms with Gasteiger partial charge in [-0.1, -0.05) is 0 Å². The molecule has 10 heteroatoms. The lowest BCUT2D eigenvalue weighted by Crippen LogP contribution is -2.52. The van der Waals surface area contributed by atoms with E-state index < -0.39 is 64.1 Å². The lowest BCUT2D eigenvalue weighted by atomic mass is 9.93. The zero-order valence-corrected chi connectivity index (χ0v) is 15.4. The van der Waals surface area contributed by atoms with E-state index in [2.05, 4.69) is 0 Å². The van der Waals surface area contributed by atoms with Crippen molar-refractivity contribution in [3.05, 3.63) is 0 Å². The Morgan fingerprint density at radius 2 is 0.619 bits per heavy atom. The van der Waals surface area contributed by atoms with E-state index in [-0.39, 0.29) is 0 Å². The lowest BCUT2D eigenvalue weighted by Gasteiger charge is -2.37. The van der Waals surface area contributed by atoms with Crippen molar-refractivity contribution in [3.8, 4) is 0 Å². The van der Waals surface area contributed by atoms with Crippen LogP contribution in [0.15, 0.2) is 0 Å². The maximum atomic E-state index is 8.50. The first-order valence-electron chi connectivity index (χ1n) is 5.99. The number of aliphatic hydroxyl groups excluding tert-OH is 4. The van der Waals surface area contributed by atoms with Gasteiger partial charge in [-0.15, -0.1) is 69.6 Å². The van der Waals surface area contributed by atoms with Gasteiger partial charge in [0.1, 0.15) is 0 Å². The fourth-order valence-corrected chi connectivity index (χ4v) is 3.68. The molecule has 0 radical (unpaired) electrons. The van der Waals surface area contributed by atoms with Crippen LogP contribution in [0, 0.1) is 5.41 Å². The van der Waals surface area contributed by atoms with Crippen molar-refractivity contribution in [3.63, 3.8) is 0 Å². The van der Waals surface area contributed by atoms with Gasteiger partial charge in [-0.3, -0.25) is 0 Å². The van der Waals surface area contributed by atoms with Crippen molar-refractivity contribution < 1.29 is 20.4 Å². The Kier molecular flexibility index (Phi) is 11.2. The standard InChI is InChI=1S/C6H6Cl6.C5H12O4/c7-1-2(8)4(10)6(12)5(11)3(1)9;6-1-5(2-7,3-8)4-9/h1-6H;6-9H,1-4H2. The minimum Gasteiger partial charge on any atom is -0.396 e. The molecule has 21 heavy (non-hydrogen) atoms. The molecule has 0 aromatic heterocycles. The summed E-state index contributed by atoms with van der Waals surface area (Å²) in [5, 5.41) is 31.4. The van der Waals surface area contributed by atoms with Gasteiger partial charge in [0, 0.05) is 0 Å². The molecule has 4 nitrogen and oxygen atoms in total. The van der Waals surface area contributed by atoms with Crippen LogP contribution in [0.25, 0.3) is 0 Å². The molecule has 0 spiro atoms. The third-order valence-electron chi connectivity index (χ3n) is 3.17. The van der Waals surface area contributed by atoms with Gasteiger partial charge in [-0.25, -0.2) is 0 Å². The summed E-state index contributed by atoms with van der Waals surface area (Å²) in [6.07, 6.45) is 0. The molecule has 0 saturated heterocycles. The van der Waals surface area contributed by atoms with E-state index >= 15 is 0 Å². The average Bonchev–Trinajstić information content (AvgIpc) is 2.52. The van der Waals surface area contributed by atoms with Gasteiger partial charge in [-0.05, 0) is 0 Å². The first-order chi connectivity index (χ1) is 9.71. The van der Waals surface area contributed by atoms with Crippen molar-refractivity contribution in [2.45, 2.75) is 32.3 Å². The predicted molar refractivity (Wildman–Crippen MR) is 88.6 cm³/mol. The highest BCUT2D eigenvalue weighted by molar-refractivity contribution is 6.45. The van der Waals surface area contributed by atoms with E-state index in [4.69, 9.17) is 90.0 Å². The molecule has 0 heterocycles. The Morgan fingerprint density at radius 1 is 0.476 bits per heavy atom. The van der Waals surface area contributed by atoms with Crippen LogP contribution in [0.3, 0.4) is 0 Å². The van der Waals surface area contributed by atoms with Gasteiger partial charge in [0.15, 0.2) is 0 Å². The molecule has 1 aliphatic rings. The molecule has 1 rings (SSSR count). The van der Waals surface area contributed by atoms with Gasteiger partial charge >= 0.3 is 0 Å². The van der Waals surface area contributed by atoms with Crippen LogP contribution in [0.1, 0.15) is 0 Å². The van der Waals surface area contributed by atoms with Crippen LogP contribution in [0.4, 0.5) is 0 Å². The fourth-order valence-electron chi connectivity index (χ4n) is 1.35. The molecule has 128 valence electrons. The highest BCUT2D eigenvalue weighted by atomic mass is 35.5. The molecule has 0 aromatic rings. The molecule has 1 saturated carbocycles. The third kappa shape index (κ3) is 5.86. The van der Waals surface area contributed by atoms with Crippen LogP contribution >= 0.6 is 69.6 Å². The van der Waals surface area contributed by atoms with Crippen molar-refractivity contribution in [2.24, 2.45) is 5.41 Å². The van der Waals surface area contributed by atoms with E-state index in [1.54, 1.807) is 0 Å². The minimum absolute atomic E-state index is 0.406. The summed E-state index contributed by atoms with van der Waals surface area (Å²) in [5.74, 6) is 0. The van der Waals surface area contributed by atoms with Gasteiger partial charge in [0.2, 0.25) is 0 Å². The SMILES string of the molecule is ClC1C(Cl)C(Cl)C(Cl)C(Cl)C1Cl.OCC(CO)(CO)CO. The van der Waals surface area contributed by atoms with E-state index in [1.165, 1.54) is 0 Å². The van der Waals surface area contributed by atoms with Gasteiger partial charge in [0.25, 0.3) is 0 Å². The smallest absolute Gasteiger partial charge is 0.0693 e. The molecular formula is C11H18Cl6O4. The molecule has 0 aromatic carbocycles. The van der Waals surface area contributed by atoms with E-state index in [0.717, 1.165) is 0 Å². The summed E-state index contributed by atoms with van der Waals surface area (Å²) < 4.78 is 0. The van der Waals surface area contributed by atoms with Gasteiger partial charge in [0.05, 0.1) is 64.1 Å². The second-order valence-electron chi connectivity index (χ2n) is 4.80. The quantitative estimate of drug-likeness (QED) is 0.514. The number of rotatable bonds is 4. The molecule has 0 amide bonds. The normalized spacial score (nSPS) is 36.9. The number of halogens is 6. The Balaban J connectivity index is 0.000000400. The van der Waals surface area contributed by atoms with Gasteiger partial charge < -0.3 is 20.4 Å². The van der Waals surface area contributed by atoms with Crippen molar-refractivity contribution >= 4 is 69.6 Å². The van der Waals surface area contributed by atoms with Crippen molar-refractivity contribution in [1.29, 1.82) is 0 Å². The Bertz CT molecular complexity index is 218. The van der Waals surface area contributed by atoms with E-state index in [1.807, 2.05) is 0 Å². The first-order valence-corrected chi connectivity index (χ1v) is 8.61. The summed E-state index contributed by atoms with van der Waals surface area (Å²) >= 11 is 35.3. The monoisotopic (exact) mass is 424 g/mol. The third-order valence-corrected chi connectivity index (χ3v) is 7.20. The summed E-state index contributed by atoms with van der Waals surface area (Å²) in [7, 11) is 0. The number of alkyl halides is 6. The molecular weight excluding hydrogens is 409 g/mol. The second kappa shape index (κ2) is 10.4. The molecule has 0 bridgehead atoms. The van der Waals surface area contributed by atoms with Crippen LogP contribution in [0.2, 0.25) is 0 Å². The molecule has 0 aliphatic heterocycles. The van der Waals surface area contributed by atoms with Crippen LogP contribution in [-0.2, 0) is 0 Å². The number of aliphatic hydroxyl groups is 4. The first kappa shape index (κ1) is 22.6. The molecule has 1 fully saturated rings. The van der Waals surface area contributed by atoms with Crippen molar-refractivity contribution in [1.82, 2.24) is 0 Å². The van der Waals surface area contributed by atoms with E-state index in [0.29, 0.717) is 0 Å². The maximum absolute atomic E-state index is 8.50. The topological polar surface area (TPSA) is 80.9 Å². The summed E-state index contributed by atoms with van der Waals surface area (Å²) in [6.45, 7) is -1.62. The summed E-state index contributed by atoms with van der Waals surface area (Å²) in [6, 6.07) is 0. The van der Waals surface area contributed by atoms with Crippen LogP contribution in [0.5, 0.6) is 0 Å². The molecule has 0 unspecified atom stereocenters. The highest BCUT2D eigenvalue weighted by Crippen LogP contribution is 2.39. The minimum atomic E-state index is -1.11. The maximum Gasteiger partial charge on any atom is 0.0693 e. The molecule has 1 aliphatic carbocycles.